The Kier molecular flexibility index (Phi) is 8.71. The fourth-order valence-electron chi connectivity index (χ4n) is 3.26. The van der Waals surface area contributed by atoms with Gasteiger partial charge in [-0.3, -0.25) is 0 Å². The summed E-state index contributed by atoms with van der Waals surface area (Å²) in [5.41, 5.74) is 2.73. The Bertz CT molecular complexity index is 649. The van der Waals surface area contributed by atoms with E-state index >= 15 is 0 Å². The van der Waals surface area contributed by atoms with E-state index in [1.54, 1.807) is 0 Å². The van der Waals surface area contributed by atoms with Crippen LogP contribution in [0.3, 0.4) is 0 Å². The third-order valence-electron chi connectivity index (χ3n) is 5.11. The lowest BCUT2D eigenvalue weighted by atomic mass is 9.80. The maximum Gasteiger partial charge on any atom is 0.134 e. The molecule has 0 unspecified atom stereocenters. The maximum atomic E-state index is 6.08. The van der Waals surface area contributed by atoms with Crippen molar-refractivity contribution in [3.8, 4) is 5.75 Å². The minimum atomic E-state index is 0.177. The first-order chi connectivity index (χ1) is 12.5. The summed E-state index contributed by atoms with van der Waals surface area (Å²) >= 11 is 3.63. The van der Waals surface area contributed by atoms with E-state index in [2.05, 4.69) is 67.0 Å². The van der Waals surface area contributed by atoms with Gasteiger partial charge in [0.1, 0.15) is 12.4 Å². The molecule has 1 nitrogen and oxygen atoms in total. The van der Waals surface area contributed by atoms with Crippen LogP contribution in [0.1, 0.15) is 76.8 Å². The largest absolute Gasteiger partial charge is 0.488 e. The summed E-state index contributed by atoms with van der Waals surface area (Å²) in [5.74, 6) is 0.933. The molecule has 0 aliphatic rings. The van der Waals surface area contributed by atoms with Crippen molar-refractivity contribution in [3.05, 3.63) is 64.1 Å². The predicted molar refractivity (Wildman–Crippen MR) is 116 cm³/mol. The molecule has 26 heavy (non-hydrogen) atoms. The Morgan fingerprint density at radius 1 is 0.885 bits per heavy atom. The SMILES string of the molecule is CCCCCCCCC(C)(C)c1ccc(Br)c(OCc2ccccc2)c1. The van der Waals surface area contributed by atoms with Crippen LogP contribution < -0.4 is 4.74 Å². The van der Waals surface area contributed by atoms with Gasteiger partial charge in [0.25, 0.3) is 0 Å². The second-order valence-corrected chi connectivity index (χ2v) is 8.68. The van der Waals surface area contributed by atoms with Gasteiger partial charge in [-0.05, 0) is 51.0 Å². The Morgan fingerprint density at radius 2 is 1.58 bits per heavy atom. The summed E-state index contributed by atoms with van der Waals surface area (Å²) in [4.78, 5) is 0. The molecule has 0 aliphatic heterocycles. The number of hydrogen-bond donors (Lipinski definition) is 0. The average molecular weight is 417 g/mol. The summed E-state index contributed by atoms with van der Waals surface area (Å²) in [6.07, 6.45) is 9.31. The fourth-order valence-corrected chi connectivity index (χ4v) is 3.62. The van der Waals surface area contributed by atoms with Crippen LogP contribution in [0.2, 0.25) is 0 Å². The van der Waals surface area contributed by atoms with Crippen LogP contribution in [0.25, 0.3) is 0 Å². The van der Waals surface area contributed by atoms with E-state index in [4.69, 9.17) is 4.74 Å². The third kappa shape index (κ3) is 6.79. The van der Waals surface area contributed by atoms with Gasteiger partial charge >= 0.3 is 0 Å². The van der Waals surface area contributed by atoms with Crippen molar-refractivity contribution >= 4 is 15.9 Å². The summed E-state index contributed by atoms with van der Waals surface area (Å²) in [6.45, 7) is 7.57. The van der Waals surface area contributed by atoms with Crippen molar-refractivity contribution in [1.82, 2.24) is 0 Å². The van der Waals surface area contributed by atoms with Crippen LogP contribution in [0.4, 0.5) is 0 Å². The van der Waals surface area contributed by atoms with E-state index in [0.29, 0.717) is 6.61 Å². The number of unbranched alkanes of at least 4 members (excludes halogenated alkanes) is 5. The predicted octanol–water partition coefficient (Wildman–Crippen LogP) is 8.06. The van der Waals surface area contributed by atoms with Gasteiger partial charge in [-0.25, -0.2) is 0 Å². The molecule has 0 fully saturated rings. The zero-order chi connectivity index (χ0) is 18.8. The minimum absolute atomic E-state index is 0.177. The van der Waals surface area contributed by atoms with Crippen LogP contribution in [-0.2, 0) is 12.0 Å². The summed E-state index contributed by atoms with van der Waals surface area (Å²) < 4.78 is 7.10. The fraction of sp³-hybridized carbons (Fsp3) is 0.500. The molecule has 2 aromatic carbocycles. The molecule has 2 rings (SSSR count). The van der Waals surface area contributed by atoms with Crippen LogP contribution in [0, 0.1) is 0 Å². The molecule has 0 radical (unpaired) electrons. The van der Waals surface area contributed by atoms with E-state index in [9.17, 15) is 0 Å². The van der Waals surface area contributed by atoms with Crippen molar-refractivity contribution in [2.45, 2.75) is 77.7 Å². The molecule has 2 aromatic rings. The quantitative estimate of drug-likeness (QED) is 0.336. The number of hydrogen-bond acceptors (Lipinski definition) is 1. The van der Waals surface area contributed by atoms with E-state index in [1.807, 2.05) is 18.2 Å². The van der Waals surface area contributed by atoms with E-state index in [0.717, 1.165) is 10.2 Å². The molecule has 0 aromatic heterocycles. The highest BCUT2D eigenvalue weighted by atomic mass is 79.9. The molecular formula is C24H33BrO. The molecule has 0 N–H and O–H groups in total. The lowest BCUT2D eigenvalue weighted by molar-refractivity contribution is 0.303. The van der Waals surface area contributed by atoms with Gasteiger partial charge in [0.15, 0.2) is 0 Å². The molecule has 0 heterocycles. The first kappa shape index (κ1) is 21.0. The van der Waals surface area contributed by atoms with Crippen LogP contribution >= 0.6 is 15.9 Å². The van der Waals surface area contributed by atoms with Crippen LogP contribution in [0.15, 0.2) is 53.0 Å². The van der Waals surface area contributed by atoms with Gasteiger partial charge in [-0.2, -0.15) is 0 Å². The van der Waals surface area contributed by atoms with E-state index < -0.39 is 0 Å². The number of benzene rings is 2. The van der Waals surface area contributed by atoms with Gasteiger partial charge in [-0.1, -0.05) is 95.7 Å². The van der Waals surface area contributed by atoms with E-state index in [1.165, 1.54) is 56.1 Å². The topological polar surface area (TPSA) is 9.23 Å². The molecular weight excluding hydrogens is 384 g/mol. The Labute approximate surface area is 168 Å². The zero-order valence-electron chi connectivity index (χ0n) is 16.6. The monoisotopic (exact) mass is 416 g/mol. The molecule has 0 saturated heterocycles. The van der Waals surface area contributed by atoms with E-state index in [-0.39, 0.29) is 5.41 Å². The van der Waals surface area contributed by atoms with Crippen molar-refractivity contribution in [3.63, 3.8) is 0 Å². The average Bonchev–Trinajstić information content (AvgIpc) is 2.64. The minimum Gasteiger partial charge on any atom is -0.488 e. The smallest absolute Gasteiger partial charge is 0.134 e. The molecule has 0 atom stereocenters. The molecule has 142 valence electrons. The summed E-state index contributed by atoms with van der Waals surface area (Å²) in [6, 6.07) is 16.9. The standard InChI is InChI=1S/C24H33BrO/c1-4-5-6-7-8-12-17-24(2,3)21-15-16-22(25)23(18-21)26-19-20-13-10-9-11-14-20/h9-11,13-16,18H,4-8,12,17,19H2,1-3H3. The Hall–Kier alpha value is -1.28. The third-order valence-corrected chi connectivity index (χ3v) is 5.76. The molecule has 0 aliphatic carbocycles. The van der Waals surface area contributed by atoms with Crippen molar-refractivity contribution in [2.24, 2.45) is 0 Å². The highest BCUT2D eigenvalue weighted by Crippen LogP contribution is 2.35. The van der Waals surface area contributed by atoms with Crippen LogP contribution in [0.5, 0.6) is 5.75 Å². The van der Waals surface area contributed by atoms with Gasteiger partial charge in [-0.15, -0.1) is 0 Å². The molecule has 0 saturated carbocycles. The first-order valence-electron chi connectivity index (χ1n) is 9.99. The molecule has 0 spiro atoms. The highest BCUT2D eigenvalue weighted by Gasteiger charge is 2.21. The van der Waals surface area contributed by atoms with Crippen molar-refractivity contribution in [1.29, 1.82) is 0 Å². The number of ether oxygens (including phenoxy) is 1. The zero-order valence-corrected chi connectivity index (χ0v) is 18.1. The molecule has 0 amide bonds. The lowest BCUT2D eigenvalue weighted by Gasteiger charge is -2.26. The van der Waals surface area contributed by atoms with Crippen molar-refractivity contribution < 1.29 is 4.74 Å². The first-order valence-corrected chi connectivity index (χ1v) is 10.8. The summed E-state index contributed by atoms with van der Waals surface area (Å²) in [7, 11) is 0. The lowest BCUT2D eigenvalue weighted by Crippen LogP contribution is -2.17. The maximum absolute atomic E-state index is 6.08. The Balaban J connectivity index is 1.93. The van der Waals surface area contributed by atoms with Gasteiger partial charge in [0.05, 0.1) is 4.47 Å². The normalized spacial score (nSPS) is 11.5. The Morgan fingerprint density at radius 3 is 2.31 bits per heavy atom. The molecule has 2 heteroatoms. The van der Waals surface area contributed by atoms with Crippen LogP contribution in [-0.4, -0.2) is 0 Å². The van der Waals surface area contributed by atoms with Gasteiger partial charge in [0.2, 0.25) is 0 Å². The van der Waals surface area contributed by atoms with Crippen molar-refractivity contribution in [2.75, 3.05) is 0 Å². The van der Waals surface area contributed by atoms with Gasteiger partial charge < -0.3 is 4.74 Å². The second-order valence-electron chi connectivity index (χ2n) is 7.82. The summed E-state index contributed by atoms with van der Waals surface area (Å²) in [5, 5.41) is 0. The second kappa shape index (κ2) is 10.8. The highest BCUT2D eigenvalue weighted by molar-refractivity contribution is 9.10. The number of halogens is 1. The van der Waals surface area contributed by atoms with Gasteiger partial charge in [0, 0.05) is 0 Å². The number of rotatable bonds is 11. The molecule has 0 bridgehead atoms.